The Morgan fingerprint density at radius 3 is 2.70 bits per heavy atom. The molecule has 0 aliphatic heterocycles. The molecule has 2 aromatic carbocycles. The highest BCUT2D eigenvalue weighted by atomic mass is 35.5. The number of aryl methyl sites for hydroxylation is 1. The van der Waals surface area contributed by atoms with Crippen molar-refractivity contribution in [3.63, 3.8) is 0 Å². The third-order valence-corrected chi connectivity index (χ3v) is 3.69. The molecule has 0 fully saturated rings. The van der Waals surface area contributed by atoms with Gasteiger partial charge in [-0.05, 0) is 48.2 Å². The van der Waals surface area contributed by atoms with E-state index < -0.39 is 11.9 Å². The van der Waals surface area contributed by atoms with Crippen molar-refractivity contribution in [2.45, 2.75) is 19.4 Å². The first kappa shape index (κ1) is 14.9. The maximum absolute atomic E-state index is 13.5. The van der Waals surface area contributed by atoms with Crippen molar-refractivity contribution in [3.8, 4) is 0 Å². The minimum atomic E-state index is -0.500. The van der Waals surface area contributed by atoms with Crippen molar-refractivity contribution in [2.24, 2.45) is 5.84 Å². The molecule has 0 bridgehead atoms. The third kappa shape index (κ3) is 3.15. The Labute approximate surface area is 121 Å². The molecule has 2 aromatic rings. The minimum Gasteiger partial charge on any atom is -0.271 e. The molecule has 0 aromatic heterocycles. The van der Waals surface area contributed by atoms with Gasteiger partial charge in [0.1, 0.15) is 11.6 Å². The molecule has 106 valence electrons. The zero-order valence-corrected chi connectivity index (χ0v) is 11.7. The highest BCUT2D eigenvalue weighted by molar-refractivity contribution is 6.31. The number of nitrogens with one attached hydrogen (secondary N) is 1. The summed E-state index contributed by atoms with van der Waals surface area (Å²) in [7, 11) is 0. The maximum atomic E-state index is 13.5. The summed E-state index contributed by atoms with van der Waals surface area (Å²) in [6, 6.07) is 8.71. The fraction of sp³-hybridized carbons (Fsp3) is 0.200. The average Bonchev–Trinajstić information content (AvgIpc) is 2.43. The molecule has 3 N–H and O–H groups in total. The van der Waals surface area contributed by atoms with Crippen LogP contribution in [0.4, 0.5) is 8.78 Å². The zero-order valence-electron chi connectivity index (χ0n) is 11.0. The van der Waals surface area contributed by atoms with Crippen LogP contribution in [0.5, 0.6) is 0 Å². The Balaban J connectivity index is 2.34. The second-order valence-electron chi connectivity index (χ2n) is 4.64. The summed E-state index contributed by atoms with van der Waals surface area (Å²) in [5, 5.41) is 0.0320. The van der Waals surface area contributed by atoms with Crippen LogP contribution in [-0.2, 0) is 6.42 Å². The lowest BCUT2D eigenvalue weighted by Crippen LogP contribution is -2.30. The predicted octanol–water partition coefficient (Wildman–Crippen LogP) is 3.67. The van der Waals surface area contributed by atoms with E-state index in [2.05, 4.69) is 5.43 Å². The molecule has 0 saturated heterocycles. The molecule has 5 heteroatoms. The number of hydrogen-bond donors (Lipinski definition) is 2. The van der Waals surface area contributed by atoms with Crippen LogP contribution in [-0.4, -0.2) is 0 Å². The molecule has 0 heterocycles. The van der Waals surface area contributed by atoms with E-state index in [9.17, 15) is 8.78 Å². The Bertz CT molecular complexity index is 617. The molecule has 0 spiro atoms. The van der Waals surface area contributed by atoms with Crippen LogP contribution < -0.4 is 11.3 Å². The standard InChI is InChI=1S/C15H15ClF2N2/c1-9-5-6-11(17)7-10(9)8-14(20-19)12-3-2-4-13(18)15(12)16/h2-7,14,20H,8,19H2,1H3. The predicted molar refractivity (Wildman–Crippen MR) is 76.3 cm³/mol. The summed E-state index contributed by atoms with van der Waals surface area (Å²) in [6.45, 7) is 1.88. The Morgan fingerprint density at radius 2 is 2.00 bits per heavy atom. The van der Waals surface area contributed by atoms with E-state index >= 15 is 0 Å². The lowest BCUT2D eigenvalue weighted by molar-refractivity contribution is 0.541. The molecule has 0 aliphatic rings. The van der Waals surface area contributed by atoms with Crippen LogP contribution in [0.1, 0.15) is 22.7 Å². The lowest BCUT2D eigenvalue weighted by atomic mass is 9.96. The molecule has 1 atom stereocenters. The van der Waals surface area contributed by atoms with Crippen LogP contribution >= 0.6 is 11.6 Å². The molecule has 20 heavy (non-hydrogen) atoms. The number of hydrogen-bond acceptors (Lipinski definition) is 2. The Kier molecular flexibility index (Phi) is 4.70. The van der Waals surface area contributed by atoms with Crippen molar-refractivity contribution in [1.82, 2.24) is 5.43 Å². The number of halogens is 3. The van der Waals surface area contributed by atoms with Gasteiger partial charge in [0.15, 0.2) is 0 Å². The van der Waals surface area contributed by atoms with Gasteiger partial charge in [0.2, 0.25) is 0 Å². The van der Waals surface area contributed by atoms with Gasteiger partial charge < -0.3 is 0 Å². The largest absolute Gasteiger partial charge is 0.271 e. The summed E-state index contributed by atoms with van der Waals surface area (Å²) in [5.41, 5.74) is 4.90. The molecule has 2 rings (SSSR count). The summed E-state index contributed by atoms with van der Waals surface area (Å²) >= 11 is 5.96. The van der Waals surface area contributed by atoms with Gasteiger partial charge in [0, 0.05) is 0 Å². The van der Waals surface area contributed by atoms with E-state index in [0.717, 1.165) is 11.1 Å². The molecule has 0 aliphatic carbocycles. The van der Waals surface area contributed by atoms with Crippen LogP contribution in [0.3, 0.4) is 0 Å². The topological polar surface area (TPSA) is 38.0 Å². The average molecular weight is 297 g/mol. The lowest BCUT2D eigenvalue weighted by Gasteiger charge is -2.19. The first-order chi connectivity index (χ1) is 9.52. The quantitative estimate of drug-likeness (QED) is 0.667. The van der Waals surface area contributed by atoms with E-state index in [1.807, 2.05) is 6.92 Å². The van der Waals surface area contributed by atoms with E-state index in [-0.39, 0.29) is 10.8 Å². The zero-order chi connectivity index (χ0) is 14.7. The summed E-state index contributed by atoms with van der Waals surface area (Å²) in [5.74, 6) is 4.72. The van der Waals surface area contributed by atoms with Gasteiger partial charge in [-0.15, -0.1) is 0 Å². The van der Waals surface area contributed by atoms with Crippen LogP contribution in [0.25, 0.3) is 0 Å². The highest BCUT2D eigenvalue weighted by Gasteiger charge is 2.17. The number of rotatable bonds is 4. The molecule has 0 amide bonds. The molecule has 2 nitrogen and oxygen atoms in total. The van der Waals surface area contributed by atoms with Crippen molar-refractivity contribution >= 4 is 11.6 Å². The van der Waals surface area contributed by atoms with E-state index in [1.165, 1.54) is 18.2 Å². The summed E-state index contributed by atoms with van der Waals surface area (Å²) < 4.78 is 26.8. The summed E-state index contributed by atoms with van der Waals surface area (Å²) in [4.78, 5) is 0. The minimum absolute atomic E-state index is 0.0320. The third-order valence-electron chi connectivity index (χ3n) is 3.29. The highest BCUT2D eigenvalue weighted by Crippen LogP contribution is 2.28. The van der Waals surface area contributed by atoms with Crippen LogP contribution in [0.2, 0.25) is 5.02 Å². The maximum Gasteiger partial charge on any atom is 0.142 e. The fourth-order valence-corrected chi connectivity index (χ4v) is 2.39. The van der Waals surface area contributed by atoms with Gasteiger partial charge in [-0.3, -0.25) is 11.3 Å². The van der Waals surface area contributed by atoms with Gasteiger partial charge in [0.05, 0.1) is 11.1 Å². The van der Waals surface area contributed by atoms with Gasteiger partial charge >= 0.3 is 0 Å². The Morgan fingerprint density at radius 1 is 1.25 bits per heavy atom. The molecular weight excluding hydrogens is 282 g/mol. The smallest absolute Gasteiger partial charge is 0.142 e. The van der Waals surface area contributed by atoms with Crippen molar-refractivity contribution < 1.29 is 8.78 Å². The van der Waals surface area contributed by atoms with Gasteiger partial charge in [0.25, 0.3) is 0 Å². The first-order valence-electron chi connectivity index (χ1n) is 6.18. The Hall–Kier alpha value is -1.49. The van der Waals surface area contributed by atoms with Crippen molar-refractivity contribution in [3.05, 3.63) is 69.7 Å². The molecule has 0 saturated carbocycles. The molecule has 0 radical (unpaired) electrons. The van der Waals surface area contributed by atoms with Gasteiger partial charge in [-0.1, -0.05) is 29.8 Å². The van der Waals surface area contributed by atoms with Gasteiger partial charge in [-0.2, -0.15) is 0 Å². The summed E-state index contributed by atoms with van der Waals surface area (Å²) in [6.07, 6.45) is 0.420. The van der Waals surface area contributed by atoms with Crippen molar-refractivity contribution in [1.29, 1.82) is 0 Å². The second kappa shape index (κ2) is 6.31. The van der Waals surface area contributed by atoms with E-state index in [1.54, 1.807) is 18.2 Å². The van der Waals surface area contributed by atoms with Crippen molar-refractivity contribution in [2.75, 3.05) is 0 Å². The molecular formula is C15H15ClF2N2. The second-order valence-corrected chi connectivity index (χ2v) is 5.02. The monoisotopic (exact) mass is 296 g/mol. The molecule has 1 unspecified atom stereocenters. The van der Waals surface area contributed by atoms with E-state index in [0.29, 0.717) is 12.0 Å². The van der Waals surface area contributed by atoms with Crippen LogP contribution in [0, 0.1) is 18.6 Å². The van der Waals surface area contributed by atoms with Crippen LogP contribution in [0.15, 0.2) is 36.4 Å². The van der Waals surface area contributed by atoms with Gasteiger partial charge in [-0.25, -0.2) is 8.78 Å². The number of hydrazine groups is 1. The normalized spacial score (nSPS) is 12.4. The SMILES string of the molecule is Cc1ccc(F)cc1CC(NN)c1cccc(F)c1Cl. The number of nitrogens with two attached hydrogens (primary N) is 1. The number of benzene rings is 2. The van der Waals surface area contributed by atoms with E-state index in [4.69, 9.17) is 17.4 Å². The first-order valence-corrected chi connectivity index (χ1v) is 6.55. The fourth-order valence-electron chi connectivity index (χ4n) is 2.13.